The first-order valence-corrected chi connectivity index (χ1v) is 7.88. The lowest BCUT2D eigenvalue weighted by Gasteiger charge is -2.30. The van der Waals surface area contributed by atoms with Gasteiger partial charge in [-0.15, -0.1) is 11.8 Å². The Morgan fingerprint density at radius 2 is 2.14 bits per heavy atom. The molecule has 1 heterocycles. The standard InChI is InChI=1S/C15H20N2O3S/c1-16(8-7-15(19)20-2)11-14(18)17-9-10-21-13-6-4-3-5-12(13)17/h3-6H,7-11H2,1-2H3. The first kappa shape index (κ1) is 15.9. The van der Waals surface area contributed by atoms with E-state index < -0.39 is 0 Å². The van der Waals surface area contributed by atoms with Crippen LogP contribution in [0.5, 0.6) is 0 Å². The molecule has 0 spiro atoms. The van der Waals surface area contributed by atoms with Crippen LogP contribution in [-0.2, 0) is 14.3 Å². The number of hydrogen-bond acceptors (Lipinski definition) is 5. The summed E-state index contributed by atoms with van der Waals surface area (Å²) in [7, 11) is 3.21. The second kappa shape index (κ2) is 7.47. The minimum atomic E-state index is -0.256. The van der Waals surface area contributed by atoms with Crippen molar-refractivity contribution in [1.82, 2.24) is 4.90 Å². The normalized spacial score (nSPS) is 14.0. The van der Waals surface area contributed by atoms with Crippen LogP contribution in [-0.4, -0.2) is 56.3 Å². The third-order valence-corrected chi connectivity index (χ3v) is 4.40. The number of amides is 1. The summed E-state index contributed by atoms with van der Waals surface area (Å²) in [6, 6.07) is 7.96. The molecule has 21 heavy (non-hydrogen) atoms. The van der Waals surface area contributed by atoms with E-state index in [1.807, 2.05) is 41.1 Å². The smallest absolute Gasteiger partial charge is 0.306 e. The number of methoxy groups -OCH3 is 1. The van der Waals surface area contributed by atoms with Gasteiger partial charge in [0.25, 0.3) is 0 Å². The fourth-order valence-electron chi connectivity index (χ4n) is 2.21. The van der Waals surface area contributed by atoms with Crippen LogP contribution < -0.4 is 4.90 Å². The maximum atomic E-state index is 12.4. The highest BCUT2D eigenvalue weighted by Gasteiger charge is 2.23. The maximum absolute atomic E-state index is 12.4. The highest BCUT2D eigenvalue weighted by Crippen LogP contribution is 2.34. The van der Waals surface area contributed by atoms with Crippen molar-refractivity contribution < 1.29 is 14.3 Å². The molecule has 1 aliphatic heterocycles. The maximum Gasteiger partial charge on any atom is 0.306 e. The number of anilines is 1. The Bertz CT molecular complexity index is 521. The Hall–Kier alpha value is -1.53. The third kappa shape index (κ3) is 4.22. The van der Waals surface area contributed by atoms with Gasteiger partial charge in [0.05, 0.1) is 25.8 Å². The van der Waals surface area contributed by atoms with Crippen molar-refractivity contribution in [3.63, 3.8) is 0 Å². The van der Waals surface area contributed by atoms with Crippen LogP contribution in [0.3, 0.4) is 0 Å². The summed E-state index contributed by atoms with van der Waals surface area (Å²) in [5, 5.41) is 0. The number of likely N-dealkylation sites (N-methyl/N-ethyl adjacent to an activating group) is 1. The van der Waals surface area contributed by atoms with Gasteiger partial charge in [0.2, 0.25) is 5.91 Å². The number of carbonyl (C=O) groups excluding carboxylic acids is 2. The molecular weight excluding hydrogens is 288 g/mol. The monoisotopic (exact) mass is 308 g/mol. The highest BCUT2D eigenvalue weighted by molar-refractivity contribution is 7.99. The van der Waals surface area contributed by atoms with Gasteiger partial charge in [-0.05, 0) is 19.2 Å². The summed E-state index contributed by atoms with van der Waals surface area (Å²) in [5.41, 5.74) is 0.986. The third-order valence-electron chi connectivity index (χ3n) is 3.36. The first-order chi connectivity index (χ1) is 10.1. The number of para-hydroxylation sites is 1. The number of esters is 1. The van der Waals surface area contributed by atoms with Gasteiger partial charge in [-0.25, -0.2) is 0 Å². The van der Waals surface area contributed by atoms with Crippen LogP contribution in [0.25, 0.3) is 0 Å². The zero-order valence-corrected chi connectivity index (χ0v) is 13.2. The highest BCUT2D eigenvalue weighted by atomic mass is 32.2. The molecule has 1 aliphatic rings. The minimum absolute atomic E-state index is 0.0649. The molecule has 0 saturated heterocycles. The van der Waals surface area contributed by atoms with Crippen molar-refractivity contribution >= 4 is 29.3 Å². The summed E-state index contributed by atoms with van der Waals surface area (Å²) >= 11 is 1.78. The molecular formula is C15H20N2O3S. The van der Waals surface area contributed by atoms with E-state index in [-0.39, 0.29) is 11.9 Å². The van der Waals surface area contributed by atoms with Gasteiger partial charge in [-0.1, -0.05) is 12.1 Å². The molecule has 6 heteroatoms. The van der Waals surface area contributed by atoms with Crippen LogP contribution in [0, 0.1) is 0 Å². The lowest BCUT2D eigenvalue weighted by molar-refractivity contribution is -0.141. The van der Waals surface area contributed by atoms with E-state index in [9.17, 15) is 9.59 Å². The SMILES string of the molecule is COC(=O)CCN(C)CC(=O)N1CCSc2ccccc21. The summed E-state index contributed by atoms with van der Waals surface area (Å²) in [6.07, 6.45) is 0.298. The zero-order valence-electron chi connectivity index (χ0n) is 12.4. The summed E-state index contributed by atoms with van der Waals surface area (Å²) in [4.78, 5) is 28.4. The van der Waals surface area contributed by atoms with E-state index in [0.29, 0.717) is 19.5 Å². The van der Waals surface area contributed by atoms with Gasteiger partial charge in [-0.3, -0.25) is 14.5 Å². The Balaban J connectivity index is 1.93. The lowest BCUT2D eigenvalue weighted by atomic mass is 10.2. The zero-order chi connectivity index (χ0) is 15.2. The van der Waals surface area contributed by atoms with Crippen molar-refractivity contribution in [1.29, 1.82) is 0 Å². The minimum Gasteiger partial charge on any atom is -0.469 e. The Morgan fingerprint density at radius 3 is 2.90 bits per heavy atom. The lowest BCUT2D eigenvalue weighted by Crippen LogP contribution is -2.42. The second-order valence-corrected chi connectivity index (χ2v) is 6.06. The number of carbonyl (C=O) groups is 2. The Morgan fingerprint density at radius 1 is 1.38 bits per heavy atom. The molecule has 1 amide bonds. The number of nitrogens with zero attached hydrogens (tertiary/aromatic N) is 2. The van der Waals surface area contributed by atoms with Crippen molar-refractivity contribution in [2.45, 2.75) is 11.3 Å². The number of ether oxygens (including phenoxy) is 1. The Kier molecular flexibility index (Phi) is 5.64. The van der Waals surface area contributed by atoms with Gasteiger partial charge >= 0.3 is 5.97 Å². The van der Waals surface area contributed by atoms with Gasteiger partial charge in [0.1, 0.15) is 0 Å². The van der Waals surface area contributed by atoms with Crippen LogP contribution >= 0.6 is 11.8 Å². The molecule has 114 valence electrons. The molecule has 0 atom stereocenters. The van der Waals surface area contributed by atoms with E-state index in [4.69, 9.17) is 0 Å². The molecule has 1 aromatic carbocycles. The van der Waals surface area contributed by atoms with Crippen molar-refractivity contribution in [3.8, 4) is 0 Å². The quantitative estimate of drug-likeness (QED) is 0.774. The second-order valence-electron chi connectivity index (χ2n) is 4.93. The van der Waals surface area contributed by atoms with Gasteiger partial charge in [0, 0.05) is 23.7 Å². The van der Waals surface area contributed by atoms with Gasteiger partial charge < -0.3 is 9.64 Å². The van der Waals surface area contributed by atoms with E-state index in [2.05, 4.69) is 4.74 Å². The number of thioether (sulfide) groups is 1. The molecule has 5 nitrogen and oxygen atoms in total. The summed E-state index contributed by atoms with van der Waals surface area (Å²) in [6.45, 7) is 1.55. The summed E-state index contributed by atoms with van der Waals surface area (Å²) < 4.78 is 4.60. The molecule has 0 bridgehead atoms. The van der Waals surface area contributed by atoms with E-state index in [1.165, 1.54) is 7.11 Å². The van der Waals surface area contributed by atoms with E-state index in [0.717, 1.165) is 22.9 Å². The Labute approximate surface area is 129 Å². The van der Waals surface area contributed by atoms with Crippen molar-refractivity contribution in [2.24, 2.45) is 0 Å². The summed E-state index contributed by atoms with van der Waals surface area (Å²) in [5.74, 6) is 0.721. The topological polar surface area (TPSA) is 49.9 Å². The fraction of sp³-hybridized carbons (Fsp3) is 0.467. The van der Waals surface area contributed by atoms with Gasteiger partial charge in [0.15, 0.2) is 0 Å². The molecule has 2 rings (SSSR count). The molecule has 0 aromatic heterocycles. The van der Waals surface area contributed by atoms with Crippen LogP contribution in [0.4, 0.5) is 5.69 Å². The fourth-order valence-corrected chi connectivity index (χ4v) is 3.20. The van der Waals surface area contributed by atoms with Crippen LogP contribution in [0.15, 0.2) is 29.2 Å². The van der Waals surface area contributed by atoms with Gasteiger partial charge in [-0.2, -0.15) is 0 Å². The first-order valence-electron chi connectivity index (χ1n) is 6.89. The molecule has 0 aliphatic carbocycles. The largest absolute Gasteiger partial charge is 0.469 e. The predicted molar refractivity (Wildman–Crippen MR) is 83.6 cm³/mol. The molecule has 0 saturated carbocycles. The van der Waals surface area contributed by atoms with Crippen LogP contribution in [0.1, 0.15) is 6.42 Å². The number of rotatable bonds is 5. The number of hydrogen-bond donors (Lipinski definition) is 0. The van der Waals surface area contributed by atoms with E-state index in [1.54, 1.807) is 11.8 Å². The van der Waals surface area contributed by atoms with Crippen LogP contribution in [0.2, 0.25) is 0 Å². The molecule has 0 radical (unpaired) electrons. The number of fused-ring (bicyclic) bond motifs is 1. The van der Waals surface area contributed by atoms with Crippen molar-refractivity contribution in [3.05, 3.63) is 24.3 Å². The van der Waals surface area contributed by atoms with Crippen molar-refractivity contribution in [2.75, 3.05) is 44.4 Å². The molecule has 0 unspecified atom stereocenters. The van der Waals surface area contributed by atoms with E-state index >= 15 is 0 Å². The molecule has 1 aromatic rings. The molecule has 0 N–H and O–H groups in total. The number of benzene rings is 1. The predicted octanol–water partition coefficient (Wildman–Crippen LogP) is 1.62. The molecule has 0 fully saturated rings. The average Bonchev–Trinajstić information content (AvgIpc) is 2.51. The average molecular weight is 308 g/mol.